The van der Waals surface area contributed by atoms with Crippen molar-refractivity contribution in [2.75, 3.05) is 13.2 Å². The van der Waals surface area contributed by atoms with Gasteiger partial charge in [-0.15, -0.1) is 0 Å². The zero-order valence-corrected chi connectivity index (χ0v) is 16.2. The van der Waals surface area contributed by atoms with Gasteiger partial charge in [-0.25, -0.2) is 0 Å². The van der Waals surface area contributed by atoms with Gasteiger partial charge in [0.25, 0.3) is 0 Å². The van der Waals surface area contributed by atoms with Gasteiger partial charge in [0.1, 0.15) is 0 Å². The summed E-state index contributed by atoms with van der Waals surface area (Å²) in [5.74, 6) is 2.31. The Morgan fingerprint density at radius 2 is 1.57 bits per heavy atom. The van der Waals surface area contributed by atoms with Crippen molar-refractivity contribution in [3.05, 3.63) is 22.2 Å². The molecule has 0 aromatic heterocycles. The van der Waals surface area contributed by atoms with Crippen LogP contribution in [0.4, 0.5) is 0 Å². The summed E-state index contributed by atoms with van der Waals surface area (Å²) >= 11 is 7.64. The van der Waals surface area contributed by atoms with Crippen molar-refractivity contribution in [2.45, 2.75) is 38.9 Å². The molecule has 0 N–H and O–H groups in total. The summed E-state index contributed by atoms with van der Waals surface area (Å²) in [5, 5.41) is 0. The van der Waals surface area contributed by atoms with Crippen LogP contribution in [-0.2, 0) is 0 Å². The minimum Gasteiger partial charge on any atom is -0.490 e. The van der Waals surface area contributed by atoms with Crippen molar-refractivity contribution < 1.29 is 9.47 Å². The molecule has 0 saturated heterocycles. The summed E-state index contributed by atoms with van der Waals surface area (Å²) in [6, 6.07) is 4.18. The molecule has 1 fully saturated rings. The van der Waals surface area contributed by atoms with E-state index in [1.807, 2.05) is 6.07 Å². The summed E-state index contributed by atoms with van der Waals surface area (Å²) in [4.78, 5) is 0.314. The van der Waals surface area contributed by atoms with Crippen LogP contribution in [0.15, 0.2) is 16.6 Å². The minimum atomic E-state index is 0.314. The van der Waals surface area contributed by atoms with Gasteiger partial charge in [0, 0.05) is 15.7 Å². The maximum Gasteiger partial charge on any atom is 0.162 e. The second kappa shape index (κ2) is 5.16. The van der Waals surface area contributed by atoms with E-state index in [1.54, 1.807) is 0 Å². The Morgan fingerprint density at radius 3 is 2.10 bits per heavy atom. The first-order chi connectivity index (χ1) is 9.76. The lowest BCUT2D eigenvalue weighted by molar-refractivity contribution is 0.297. The first kappa shape index (κ1) is 15.7. The van der Waals surface area contributed by atoms with Crippen molar-refractivity contribution in [3.63, 3.8) is 0 Å². The van der Waals surface area contributed by atoms with Crippen LogP contribution in [0.2, 0.25) is 0 Å². The molecule has 2 nitrogen and oxygen atoms in total. The van der Waals surface area contributed by atoms with Crippen LogP contribution >= 0.6 is 31.9 Å². The predicted molar refractivity (Wildman–Crippen MR) is 92.5 cm³/mol. The fraction of sp³-hybridized carbons (Fsp3) is 0.647. The average molecular weight is 418 g/mol. The van der Waals surface area contributed by atoms with Gasteiger partial charge in [-0.1, -0.05) is 59.6 Å². The van der Waals surface area contributed by atoms with Crippen LogP contribution in [0.1, 0.15) is 44.5 Å². The molecule has 1 heterocycles. The van der Waals surface area contributed by atoms with E-state index in [0.717, 1.165) is 35.6 Å². The lowest BCUT2D eigenvalue weighted by atomic mass is 10.0. The molecule has 0 spiro atoms. The first-order valence-corrected chi connectivity index (χ1v) is 9.21. The quantitative estimate of drug-likeness (QED) is 0.572. The van der Waals surface area contributed by atoms with Crippen LogP contribution in [0, 0.1) is 16.7 Å². The van der Waals surface area contributed by atoms with Gasteiger partial charge >= 0.3 is 0 Å². The molecule has 1 atom stereocenters. The largest absolute Gasteiger partial charge is 0.490 e. The smallest absolute Gasteiger partial charge is 0.162 e. The molecule has 0 radical (unpaired) electrons. The maximum atomic E-state index is 5.83. The van der Waals surface area contributed by atoms with E-state index in [0.29, 0.717) is 21.6 Å². The number of halogens is 2. The maximum absolute atomic E-state index is 5.83. The molecule has 116 valence electrons. The molecule has 1 saturated carbocycles. The normalized spacial score (nSPS) is 24.3. The molecular weight excluding hydrogens is 396 g/mol. The molecule has 4 heteroatoms. The van der Waals surface area contributed by atoms with Crippen LogP contribution < -0.4 is 9.47 Å². The zero-order chi connectivity index (χ0) is 15.4. The number of rotatable bonds is 2. The van der Waals surface area contributed by atoms with Gasteiger partial charge in [0.15, 0.2) is 11.5 Å². The van der Waals surface area contributed by atoms with Gasteiger partial charge in [-0.3, -0.25) is 0 Å². The van der Waals surface area contributed by atoms with Crippen LogP contribution in [0.5, 0.6) is 11.5 Å². The highest BCUT2D eigenvalue weighted by atomic mass is 79.9. The standard InChI is InChI=1S/C17H22Br2O2/c1-16(2)15(17(16,3)4)14(19)10-8-12-13(9-11(10)18)21-7-5-6-20-12/h8-9,14-15H,5-7H2,1-4H3. The van der Waals surface area contributed by atoms with Crippen molar-refractivity contribution in [3.8, 4) is 11.5 Å². The molecule has 1 aromatic carbocycles. The van der Waals surface area contributed by atoms with Gasteiger partial charge in [-0.05, 0) is 34.4 Å². The topological polar surface area (TPSA) is 18.5 Å². The van der Waals surface area contributed by atoms with E-state index >= 15 is 0 Å². The fourth-order valence-corrected chi connectivity index (χ4v) is 6.15. The summed E-state index contributed by atoms with van der Waals surface area (Å²) in [7, 11) is 0. The Kier molecular flexibility index (Phi) is 3.85. The molecule has 1 unspecified atom stereocenters. The third kappa shape index (κ3) is 2.42. The number of ether oxygens (including phenoxy) is 2. The Labute approximate surface area is 143 Å². The molecule has 0 amide bonds. The molecule has 2 aliphatic rings. The molecular formula is C17H22Br2O2. The Hall–Kier alpha value is -0.220. The lowest BCUT2D eigenvalue weighted by Crippen LogP contribution is -2.02. The second-order valence-electron chi connectivity index (χ2n) is 7.19. The minimum absolute atomic E-state index is 0.314. The Morgan fingerprint density at radius 1 is 1.05 bits per heavy atom. The van der Waals surface area contributed by atoms with E-state index in [9.17, 15) is 0 Å². The first-order valence-electron chi connectivity index (χ1n) is 7.50. The molecule has 0 bridgehead atoms. The van der Waals surface area contributed by atoms with E-state index in [1.165, 1.54) is 5.56 Å². The van der Waals surface area contributed by atoms with Crippen molar-refractivity contribution >= 4 is 31.9 Å². The third-order valence-corrected chi connectivity index (χ3v) is 7.30. The zero-order valence-electron chi connectivity index (χ0n) is 13.0. The summed E-state index contributed by atoms with van der Waals surface area (Å²) in [5.41, 5.74) is 1.93. The number of fused-ring (bicyclic) bond motifs is 1. The van der Waals surface area contributed by atoms with Crippen molar-refractivity contribution in [2.24, 2.45) is 16.7 Å². The van der Waals surface area contributed by atoms with Crippen molar-refractivity contribution in [1.82, 2.24) is 0 Å². The molecule has 1 aliphatic carbocycles. The summed E-state index contributed by atoms with van der Waals surface area (Å²) < 4.78 is 12.7. The highest BCUT2D eigenvalue weighted by Gasteiger charge is 2.67. The van der Waals surface area contributed by atoms with E-state index in [2.05, 4.69) is 65.6 Å². The van der Waals surface area contributed by atoms with Crippen molar-refractivity contribution in [1.29, 1.82) is 0 Å². The third-order valence-electron chi connectivity index (χ3n) is 5.59. The second-order valence-corrected chi connectivity index (χ2v) is 9.03. The fourth-order valence-electron chi connectivity index (χ4n) is 3.57. The highest BCUT2D eigenvalue weighted by molar-refractivity contribution is 9.11. The van der Waals surface area contributed by atoms with E-state index in [4.69, 9.17) is 9.47 Å². The molecule has 3 rings (SSSR count). The van der Waals surface area contributed by atoms with Crippen LogP contribution in [-0.4, -0.2) is 13.2 Å². The number of benzene rings is 1. The summed E-state index contributed by atoms with van der Waals surface area (Å²) in [6.07, 6.45) is 0.933. The van der Waals surface area contributed by atoms with Crippen LogP contribution in [0.25, 0.3) is 0 Å². The van der Waals surface area contributed by atoms with E-state index < -0.39 is 0 Å². The van der Waals surface area contributed by atoms with Gasteiger partial charge in [0.2, 0.25) is 0 Å². The molecule has 1 aliphatic heterocycles. The number of hydrogen-bond acceptors (Lipinski definition) is 2. The van der Waals surface area contributed by atoms with Gasteiger partial charge < -0.3 is 9.47 Å². The average Bonchev–Trinajstić information content (AvgIpc) is 2.91. The Balaban J connectivity index is 1.94. The number of alkyl halides is 1. The molecule has 21 heavy (non-hydrogen) atoms. The molecule has 1 aromatic rings. The SMILES string of the molecule is CC1(C)C(C(Br)c2cc3c(cc2Br)OCCCO3)C1(C)C. The highest BCUT2D eigenvalue weighted by Crippen LogP contribution is 2.74. The lowest BCUT2D eigenvalue weighted by Gasteiger charge is -2.17. The monoisotopic (exact) mass is 416 g/mol. The predicted octanol–water partition coefficient (Wildman–Crippen LogP) is 5.73. The van der Waals surface area contributed by atoms with Crippen LogP contribution in [0.3, 0.4) is 0 Å². The van der Waals surface area contributed by atoms with E-state index in [-0.39, 0.29) is 0 Å². The Bertz CT molecular complexity index is 552. The van der Waals surface area contributed by atoms with Gasteiger partial charge in [-0.2, -0.15) is 0 Å². The summed E-state index contributed by atoms with van der Waals surface area (Å²) in [6.45, 7) is 10.8. The number of hydrogen-bond donors (Lipinski definition) is 0. The van der Waals surface area contributed by atoms with Gasteiger partial charge in [0.05, 0.1) is 13.2 Å².